The standard InChI is InChI=1S/C11H11F3N2OS/c12-11(13,14)8-17-6-5-16-4-3-15-10(16)9-2-1-7-18-9/h1-4,7H,5-6,8H2. The van der Waals surface area contributed by atoms with E-state index < -0.39 is 12.8 Å². The summed E-state index contributed by atoms with van der Waals surface area (Å²) in [6.45, 7) is -0.854. The Labute approximate surface area is 106 Å². The van der Waals surface area contributed by atoms with Gasteiger partial charge in [0, 0.05) is 18.9 Å². The summed E-state index contributed by atoms with van der Waals surface area (Å²) in [6.07, 6.45) is -0.920. The molecule has 0 fully saturated rings. The summed E-state index contributed by atoms with van der Waals surface area (Å²) in [5.41, 5.74) is 0. The second-order valence-electron chi connectivity index (χ2n) is 3.59. The fourth-order valence-corrected chi connectivity index (χ4v) is 2.21. The van der Waals surface area contributed by atoms with E-state index in [1.165, 1.54) is 11.3 Å². The van der Waals surface area contributed by atoms with Crippen molar-refractivity contribution in [2.24, 2.45) is 0 Å². The zero-order valence-corrected chi connectivity index (χ0v) is 10.2. The number of alkyl halides is 3. The fraction of sp³-hybridized carbons (Fsp3) is 0.364. The number of halogens is 3. The molecule has 0 unspecified atom stereocenters. The lowest BCUT2D eigenvalue weighted by Crippen LogP contribution is -2.19. The predicted octanol–water partition coefficient (Wildman–Crippen LogP) is 3.19. The van der Waals surface area contributed by atoms with Gasteiger partial charge in [-0.25, -0.2) is 4.98 Å². The number of hydrogen-bond donors (Lipinski definition) is 0. The van der Waals surface area contributed by atoms with Crippen LogP contribution in [0.5, 0.6) is 0 Å². The third-order valence-electron chi connectivity index (χ3n) is 2.20. The zero-order valence-electron chi connectivity index (χ0n) is 9.35. The highest BCUT2D eigenvalue weighted by atomic mass is 32.1. The van der Waals surface area contributed by atoms with Crippen molar-refractivity contribution in [1.29, 1.82) is 0 Å². The van der Waals surface area contributed by atoms with E-state index in [0.29, 0.717) is 6.54 Å². The molecule has 0 saturated heterocycles. The molecule has 0 N–H and O–H groups in total. The summed E-state index contributed by atoms with van der Waals surface area (Å²) in [4.78, 5) is 5.16. The van der Waals surface area contributed by atoms with Crippen LogP contribution in [0, 0.1) is 0 Å². The molecule has 0 aromatic carbocycles. The molecule has 0 spiro atoms. The van der Waals surface area contributed by atoms with Gasteiger partial charge in [0.2, 0.25) is 0 Å². The molecule has 0 aliphatic heterocycles. The molecule has 0 saturated carbocycles. The highest BCUT2D eigenvalue weighted by Crippen LogP contribution is 2.22. The Morgan fingerprint density at radius 3 is 2.89 bits per heavy atom. The number of nitrogens with zero attached hydrogens (tertiary/aromatic N) is 2. The second kappa shape index (κ2) is 5.53. The summed E-state index contributed by atoms with van der Waals surface area (Å²) in [5.74, 6) is 0.751. The normalized spacial score (nSPS) is 11.9. The predicted molar refractivity (Wildman–Crippen MR) is 62.4 cm³/mol. The number of ether oxygens (including phenoxy) is 1. The quantitative estimate of drug-likeness (QED) is 0.784. The van der Waals surface area contributed by atoms with E-state index in [1.54, 1.807) is 17.0 Å². The molecule has 0 bridgehead atoms. The molecular weight excluding hydrogens is 265 g/mol. The first-order valence-corrected chi connectivity index (χ1v) is 6.14. The van der Waals surface area contributed by atoms with Gasteiger partial charge in [0.1, 0.15) is 12.4 Å². The average Bonchev–Trinajstić information content (AvgIpc) is 2.93. The first-order chi connectivity index (χ1) is 8.56. The van der Waals surface area contributed by atoms with Crippen molar-refractivity contribution >= 4 is 11.3 Å². The summed E-state index contributed by atoms with van der Waals surface area (Å²) < 4.78 is 42.0. The molecule has 2 aromatic rings. The Bertz CT molecular complexity index is 479. The molecule has 3 nitrogen and oxygen atoms in total. The maximum absolute atomic E-state index is 11.9. The lowest BCUT2D eigenvalue weighted by Gasteiger charge is -2.09. The van der Waals surface area contributed by atoms with E-state index in [9.17, 15) is 13.2 Å². The smallest absolute Gasteiger partial charge is 0.370 e. The zero-order chi connectivity index (χ0) is 13.0. The number of imidazole rings is 1. The first kappa shape index (κ1) is 13.1. The van der Waals surface area contributed by atoms with Gasteiger partial charge < -0.3 is 9.30 Å². The van der Waals surface area contributed by atoms with Crippen LogP contribution in [-0.2, 0) is 11.3 Å². The molecule has 0 aliphatic carbocycles. The summed E-state index contributed by atoms with van der Waals surface area (Å²) in [5, 5.41) is 1.93. The minimum absolute atomic E-state index is 0.00818. The molecular formula is C11H11F3N2OS. The lowest BCUT2D eigenvalue weighted by molar-refractivity contribution is -0.174. The van der Waals surface area contributed by atoms with Gasteiger partial charge in [-0.05, 0) is 11.4 Å². The molecule has 0 aliphatic rings. The third kappa shape index (κ3) is 3.58. The van der Waals surface area contributed by atoms with Gasteiger partial charge in [0.25, 0.3) is 0 Å². The van der Waals surface area contributed by atoms with Crippen LogP contribution >= 0.6 is 11.3 Å². The first-order valence-electron chi connectivity index (χ1n) is 5.26. The fourth-order valence-electron chi connectivity index (χ4n) is 1.47. The molecule has 0 amide bonds. The Morgan fingerprint density at radius 2 is 2.22 bits per heavy atom. The highest BCUT2D eigenvalue weighted by Gasteiger charge is 2.27. The Morgan fingerprint density at radius 1 is 1.39 bits per heavy atom. The SMILES string of the molecule is FC(F)(F)COCCn1ccnc1-c1cccs1. The Kier molecular flexibility index (Phi) is 4.03. The van der Waals surface area contributed by atoms with Crippen molar-refractivity contribution in [3.63, 3.8) is 0 Å². The molecule has 98 valence electrons. The molecule has 18 heavy (non-hydrogen) atoms. The molecule has 2 heterocycles. The van der Waals surface area contributed by atoms with E-state index in [2.05, 4.69) is 9.72 Å². The largest absolute Gasteiger partial charge is 0.411 e. The molecule has 2 aromatic heterocycles. The highest BCUT2D eigenvalue weighted by molar-refractivity contribution is 7.13. The van der Waals surface area contributed by atoms with Crippen LogP contribution in [0.4, 0.5) is 13.2 Å². The van der Waals surface area contributed by atoms with E-state index in [0.717, 1.165) is 10.7 Å². The van der Waals surface area contributed by atoms with Crippen LogP contribution in [0.15, 0.2) is 29.9 Å². The van der Waals surface area contributed by atoms with Crippen LogP contribution in [-0.4, -0.2) is 28.9 Å². The Hall–Kier alpha value is -1.34. The van der Waals surface area contributed by atoms with Crippen molar-refractivity contribution in [3.8, 4) is 10.7 Å². The third-order valence-corrected chi connectivity index (χ3v) is 3.07. The van der Waals surface area contributed by atoms with Crippen LogP contribution in [0.2, 0.25) is 0 Å². The second-order valence-corrected chi connectivity index (χ2v) is 4.54. The van der Waals surface area contributed by atoms with E-state index in [1.807, 2.05) is 17.5 Å². The van der Waals surface area contributed by atoms with Gasteiger partial charge in [-0.3, -0.25) is 0 Å². The summed E-state index contributed by atoms with van der Waals surface area (Å²) >= 11 is 1.53. The lowest BCUT2D eigenvalue weighted by atomic mass is 10.4. The summed E-state index contributed by atoms with van der Waals surface area (Å²) in [7, 11) is 0. The van der Waals surface area contributed by atoms with Crippen molar-refractivity contribution in [1.82, 2.24) is 9.55 Å². The topological polar surface area (TPSA) is 27.1 Å². The van der Waals surface area contributed by atoms with Crippen molar-refractivity contribution in [3.05, 3.63) is 29.9 Å². The minimum atomic E-state index is -4.27. The van der Waals surface area contributed by atoms with Crippen molar-refractivity contribution in [2.75, 3.05) is 13.2 Å². The van der Waals surface area contributed by atoms with Crippen molar-refractivity contribution < 1.29 is 17.9 Å². The van der Waals surface area contributed by atoms with Gasteiger partial charge in [0.05, 0.1) is 11.5 Å². The molecule has 0 radical (unpaired) electrons. The van der Waals surface area contributed by atoms with Crippen molar-refractivity contribution in [2.45, 2.75) is 12.7 Å². The molecule has 0 atom stereocenters. The van der Waals surface area contributed by atoms with Gasteiger partial charge >= 0.3 is 6.18 Å². The van der Waals surface area contributed by atoms with Crippen LogP contribution in [0.3, 0.4) is 0 Å². The van der Waals surface area contributed by atoms with Gasteiger partial charge in [-0.15, -0.1) is 11.3 Å². The number of rotatable bonds is 5. The van der Waals surface area contributed by atoms with E-state index in [4.69, 9.17) is 0 Å². The Balaban J connectivity index is 1.89. The number of thiophene rings is 1. The number of aromatic nitrogens is 2. The minimum Gasteiger partial charge on any atom is -0.370 e. The van der Waals surface area contributed by atoms with Crippen LogP contribution in [0.25, 0.3) is 10.7 Å². The van der Waals surface area contributed by atoms with Gasteiger partial charge in [0.15, 0.2) is 0 Å². The number of hydrogen-bond acceptors (Lipinski definition) is 3. The van der Waals surface area contributed by atoms with E-state index >= 15 is 0 Å². The maximum atomic E-state index is 11.9. The van der Waals surface area contributed by atoms with E-state index in [-0.39, 0.29) is 6.61 Å². The monoisotopic (exact) mass is 276 g/mol. The maximum Gasteiger partial charge on any atom is 0.411 e. The molecule has 2 rings (SSSR count). The van der Waals surface area contributed by atoms with Crippen LogP contribution in [0.1, 0.15) is 0 Å². The summed E-state index contributed by atoms with van der Waals surface area (Å²) in [6, 6.07) is 3.82. The van der Waals surface area contributed by atoms with Crippen LogP contribution < -0.4 is 0 Å². The van der Waals surface area contributed by atoms with Gasteiger partial charge in [-0.1, -0.05) is 6.07 Å². The van der Waals surface area contributed by atoms with Gasteiger partial charge in [-0.2, -0.15) is 13.2 Å². The molecule has 7 heteroatoms. The average molecular weight is 276 g/mol.